The number of carbonyl (C=O) groups excluding carboxylic acids is 1. The highest BCUT2D eigenvalue weighted by Gasteiger charge is 2.05. The van der Waals surface area contributed by atoms with Crippen molar-refractivity contribution in [1.82, 2.24) is 5.32 Å². The quantitative estimate of drug-likeness (QED) is 0.630. The van der Waals surface area contributed by atoms with E-state index in [0.717, 1.165) is 16.9 Å². The van der Waals surface area contributed by atoms with E-state index in [1.54, 1.807) is 13.3 Å². The van der Waals surface area contributed by atoms with Crippen LogP contribution in [0.4, 0.5) is 0 Å². The second kappa shape index (κ2) is 8.46. The third-order valence-corrected chi connectivity index (χ3v) is 2.94. The summed E-state index contributed by atoms with van der Waals surface area (Å²) in [6.45, 7) is 0.257. The van der Waals surface area contributed by atoms with Crippen molar-refractivity contribution in [3.63, 3.8) is 0 Å². The van der Waals surface area contributed by atoms with Crippen molar-refractivity contribution < 1.29 is 14.4 Å². The third-order valence-electron chi connectivity index (χ3n) is 2.94. The number of ether oxygens (including phenoxy) is 1. The van der Waals surface area contributed by atoms with E-state index in [2.05, 4.69) is 10.5 Å². The van der Waals surface area contributed by atoms with Gasteiger partial charge in [0.15, 0.2) is 6.61 Å². The number of carbonyl (C=O) groups is 1. The molecule has 114 valence electrons. The fraction of sp³-hybridized carbons (Fsp3) is 0.176. The van der Waals surface area contributed by atoms with Gasteiger partial charge in [0, 0.05) is 12.1 Å². The summed E-state index contributed by atoms with van der Waals surface area (Å²) in [5.41, 5.74) is 1.82. The summed E-state index contributed by atoms with van der Waals surface area (Å²) in [5, 5.41) is 6.51. The van der Waals surface area contributed by atoms with Crippen LogP contribution in [0.1, 0.15) is 11.1 Å². The predicted molar refractivity (Wildman–Crippen MR) is 84.8 cm³/mol. The molecule has 5 nitrogen and oxygen atoms in total. The van der Waals surface area contributed by atoms with Crippen LogP contribution in [0, 0.1) is 0 Å². The molecule has 0 spiro atoms. The molecule has 5 heteroatoms. The van der Waals surface area contributed by atoms with Gasteiger partial charge in [-0.15, -0.1) is 0 Å². The zero-order chi connectivity index (χ0) is 15.6. The SMILES string of the molecule is COc1ccccc1CNC(=O)CO/N=C\c1ccccc1. The maximum Gasteiger partial charge on any atom is 0.261 e. The van der Waals surface area contributed by atoms with E-state index in [1.807, 2.05) is 54.6 Å². The highest BCUT2D eigenvalue weighted by Crippen LogP contribution is 2.16. The van der Waals surface area contributed by atoms with E-state index in [-0.39, 0.29) is 12.5 Å². The Morgan fingerprint density at radius 3 is 2.64 bits per heavy atom. The molecule has 0 saturated heterocycles. The molecule has 0 aliphatic rings. The van der Waals surface area contributed by atoms with Crippen LogP contribution in [0.15, 0.2) is 59.8 Å². The first-order valence-electron chi connectivity index (χ1n) is 6.88. The van der Waals surface area contributed by atoms with Crippen molar-refractivity contribution in [2.75, 3.05) is 13.7 Å². The Labute approximate surface area is 129 Å². The minimum absolute atomic E-state index is 0.127. The van der Waals surface area contributed by atoms with Gasteiger partial charge in [0.2, 0.25) is 0 Å². The fourth-order valence-corrected chi connectivity index (χ4v) is 1.83. The van der Waals surface area contributed by atoms with Gasteiger partial charge in [-0.05, 0) is 11.6 Å². The highest BCUT2D eigenvalue weighted by molar-refractivity contribution is 5.79. The maximum atomic E-state index is 11.7. The van der Waals surface area contributed by atoms with Crippen molar-refractivity contribution in [2.45, 2.75) is 6.54 Å². The molecule has 0 aliphatic heterocycles. The number of benzene rings is 2. The average molecular weight is 298 g/mol. The number of hydrogen-bond acceptors (Lipinski definition) is 4. The molecule has 0 saturated carbocycles. The predicted octanol–water partition coefficient (Wildman–Crippen LogP) is 2.36. The van der Waals surface area contributed by atoms with Crippen LogP contribution in [-0.4, -0.2) is 25.8 Å². The molecule has 0 bridgehead atoms. The minimum atomic E-state index is -0.240. The molecule has 1 N–H and O–H groups in total. The van der Waals surface area contributed by atoms with E-state index >= 15 is 0 Å². The number of methoxy groups -OCH3 is 1. The summed E-state index contributed by atoms with van der Waals surface area (Å²) in [4.78, 5) is 16.6. The lowest BCUT2D eigenvalue weighted by Gasteiger charge is -2.08. The zero-order valence-electron chi connectivity index (χ0n) is 12.4. The third kappa shape index (κ3) is 4.94. The number of oxime groups is 1. The van der Waals surface area contributed by atoms with Crippen molar-refractivity contribution in [3.05, 3.63) is 65.7 Å². The second-order valence-electron chi connectivity index (χ2n) is 4.51. The van der Waals surface area contributed by atoms with Crippen LogP contribution in [0.5, 0.6) is 5.75 Å². The van der Waals surface area contributed by atoms with Gasteiger partial charge in [0.05, 0.1) is 13.3 Å². The minimum Gasteiger partial charge on any atom is -0.496 e. The van der Waals surface area contributed by atoms with Crippen molar-refractivity contribution in [2.24, 2.45) is 5.16 Å². The van der Waals surface area contributed by atoms with Crippen LogP contribution in [0.2, 0.25) is 0 Å². The number of nitrogens with one attached hydrogen (secondary N) is 1. The Morgan fingerprint density at radius 2 is 1.86 bits per heavy atom. The highest BCUT2D eigenvalue weighted by atomic mass is 16.6. The fourth-order valence-electron chi connectivity index (χ4n) is 1.83. The van der Waals surface area contributed by atoms with E-state index < -0.39 is 0 Å². The summed E-state index contributed by atoms with van der Waals surface area (Å²) < 4.78 is 5.22. The first-order valence-corrected chi connectivity index (χ1v) is 6.88. The summed E-state index contributed by atoms with van der Waals surface area (Å²) in [6, 6.07) is 17.0. The molecule has 0 atom stereocenters. The lowest BCUT2D eigenvalue weighted by molar-refractivity contribution is -0.125. The number of para-hydroxylation sites is 1. The Kier molecular flexibility index (Phi) is 5.99. The lowest BCUT2D eigenvalue weighted by atomic mass is 10.2. The zero-order valence-corrected chi connectivity index (χ0v) is 12.4. The molecule has 0 unspecified atom stereocenters. The number of amides is 1. The molecule has 1 amide bonds. The van der Waals surface area contributed by atoms with Crippen molar-refractivity contribution in [3.8, 4) is 5.75 Å². The van der Waals surface area contributed by atoms with Crippen LogP contribution in [0.25, 0.3) is 0 Å². The van der Waals surface area contributed by atoms with Gasteiger partial charge in [0.1, 0.15) is 5.75 Å². The standard InChI is InChI=1S/C17H18N2O3/c1-21-16-10-6-5-9-15(16)12-18-17(20)13-22-19-11-14-7-3-2-4-8-14/h2-11H,12-13H2,1H3,(H,18,20)/b19-11-. The monoisotopic (exact) mass is 298 g/mol. The van der Waals surface area contributed by atoms with Gasteiger partial charge in [-0.2, -0.15) is 0 Å². The van der Waals surface area contributed by atoms with Gasteiger partial charge < -0.3 is 14.9 Å². The van der Waals surface area contributed by atoms with Gasteiger partial charge in [-0.3, -0.25) is 4.79 Å². The van der Waals surface area contributed by atoms with Crippen LogP contribution < -0.4 is 10.1 Å². The summed E-state index contributed by atoms with van der Waals surface area (Å²) in [6.07, 6.45) is 1.56. The Hall–Kier alpha value is -2.82. The molecule has 22 heavy (non-hydrogen) atoms. The molecular weight excluding hydrogens is 280 g/mol. The lowest BCUT2D eigenvalue weighted by Crippen LogP contribution is -2.26. The van der Waals surface area contributed by atoms with Crippen LogP contribution in [0.3, 0.4) is 0 Å². The van der Waals surface area contributed by atoms with Gasteiger partial charge in [0.25, 0.3) is 5.91 Å². The molecule has 0 aromatic heterocycles. The van der Waals surface area contributed by atoms with Crippen LogP contribution in [-0.2, 0) is 16.2 Å². The average Bonchev–Trinajstić information content (AvgIpc) is 2.58. The topological polar surface area (TPSA) is 59.9 Å². The summed E-state index contributed by atoms with van der Waals surface area (Å²) in [5.74, 6) is 0.502. The number of hydrogen-bond donors (Lipinski definition) is 1. The van der Waals surface area contributed by atoms with Gasteiger partial charge in [-0.25, -0.2) is 0 Å². The first-order chi connectivity index (χ1) is 10.8. The number of rotatable bonds is 7. The van der Waals surface area contributed by atoms with Crippen molar-refractivity contribution >= 4 is 12.1 Å². The second-order valence-corrected chi connectivity index (χ2v) is 4.51. The Morgan fingerprint density at radius 1 is 1.14 bits per heavy atom. The molecule has 2 aromatic rings. The van der Waals surface area contributed by atoms with Crippen LogP contribution >= 0.6 is 0 Å². The maximum absolute atomic E-state index is 11.7. The van der Waals surface area contributed by atoms with E-state index in [9.17, 15) is 4.79 Å². The van der Waals surface area contributed by atoms with E-state index in [0.29, 0.717) is 6.54 Å². The van der Waals surface area contributed by atoms with E-state index in [1.165, 1.54) is 0 Å². The van der Waals surface area contributed by atoms with Gasteiger partial charge in [-0.1, -0.05) is 53.7 Å². The molecule has 2 rings (SSSR count). The molecule has 0 fully saturated rings. The molecule has 0 aliphatic carbocycles. The first kappa shape index (κ1) is 15.6. The van der Waals surface area contributed by atoms with E-state index in [4.69, 9.17) is 9.57 Å². The van der Waals surface area contributed by atoms with Gasteiger partial charge >= 0.3 is 0 Å². The Bertz CT molecular complexity index is 627. The molecule has 2 aromatic carbocycles. The molecule has 0 heterocycles. The molecule has 0 radical (unpaired) electrons. The largest absolute Gasteiger partial charge is 0.496 e. The molecular formula is C17H18N2O3. The summed E-state index contributed by atoms with van der Waals surface area (Å²) >= 11 is 0. The summed E-state index contributed by atoms with van der Waals surface area (Å²) in [7, 11) is 1.60. The Balaban J connectivity index is 1.73. The smallest absolute Gasteiger partial charge is 0.261 e. The van der Waals surface area contributed by atoms with Crippen molar-refractivity contribution in [1.29, 1.82) is 0 Å². The normalized spacial score (nSPS) is 10.4. The number of nitrogens with zero attached hydrogens (tertiary/aromatic N) is 1.